The Morgan fingerprint density at radius 3 is 2.12 bits per heavy atom. The second-order valence-electron chi connectivity index (χ2n) is 4.87. The van der Waals surface area contributed by atoms with Crippen LogP contribution in [0.5, 0.6) is 0 Å². The third-order valence-electron chi connectivity index (χ3n) is 1.86. The van der Waals surface area contributed by atoms with Gasteiger partial charge in [-0.15, -0.1) is 0 Å². The fourth-order valence-electron chi connectivity index (χ4n) is 1.10. The van der Waals surface area contributed by atoms with Crippen LogP contribution in [0.1, 0.15) is 34.1 Å². The van der Waals surface area contributed by atoms with Crippen molar-refractivity contribution in [3.8, 4) is 0 Å². The molecule has 0 radical (unpaired) electrons. The molecule has 0 fully saturated rings. The van der Waals surface area contributed by atoms with Gasteiger partial charge < -0.3 is 15.4 Å². The average molecular weight is 244 g/mol. The summed E-state index contributed by atoms with van der Waals surface area (Å²) in [5, 5.41) is 5.30. The lowest BCUT2D eigenvalue weighted by atomic mass is 10.1. The zero-order valence-corrected chi connectivity index (χ0v) is 11.2. The molecule has 5 heteroatoms. The summed E-state index contributed by atoms with van der Waals surface area (Å²) in [6.45, 7) is 9.15. The van der Waals surface area contributed by atoms with Crippen molar-refractivity contribution in [2.45, 2.75) is 34.1 Å². The Labute approximate surface area is 103 Å². The molecule has 5 nitrogen and oxygen atoms in total. The first-order valence-electron chi connectivity index (χ1n) is 6.09. The number of amides is 2. The van der Waals surface area contributed by atoms with Gasteiger partial charge in [0.05, 0.1) is 6.61 Å². The van der Waals surface area contributed by atoms with E-state index in [1.54, 1.807) is 0 Å². The highest BCUT2D eigenvalue weighted by Crippen LogP contribution is 1.97. The van der Waals surface area contributed by atoms with E-state index in [2.05, 4.69) is 10.6 Å². The van der Waals surface area contributed by atoms with Crippen molar-refractivity contribution >= 4 is 12.0 Å². The van der Waals surface area contributed by atoms with Gasteiger partial charge in [0, 0.05) is 19.5 Å². The lowest BCUT2D eigenvalue weighted by Gasteiger charge is -2.10. The van der Waals surface area contributed by atoms with Crippen molar-refractivity contribution in [2.75, 3.05) is 19.7 Å². The molecule has 17 heavy (non-hydrogen) atoms. The van der Waals surface area contributed by atoms with Crippen LogP contribution >= 0.6 is 0 Å². The number of carbonyl (C=O) groups is 2. The highest BCUT2D eigenvalue weighted by Gasteiger charge is 2.05. The fraction of sp³-hybridized carbons (Fsp3) is 0.833. The predicted octanol–water partition coefficient (Wildman–Crippen LogP) is 1.53. The Kier molecular flexibility index (Phi) is 8.19. The largest absolute Gasteiger partial charge is 0.449 e. The van der Waals surface area contributed by atoms with E-state index in [1.165, 1.54) is 0 Å². The molecule has 0 spiro atoms. The molecule has 100 valence electrons. The molecule has 0 aliphatic rings. The quantitative estimate of drug-likeness (QED) is 0.667. The molecule has 2 amide bonds. The minimum absolute atomic E-state index is 0.0114. The zero-order chi connectivity index (χ0) is 13.3. The molecule has 0 aliphatic carbocycles. The highest BCUT2D eigenvalue weighted by molar-refractivity contribution is 5.76. The fourth-order valence-corrected chi connectivity index (χ4v) is 1.10. The molecule has 0 unspecified atom stereocenters. The lowest BCUT2D eigenvalue weighted by Crippen LogP contribution is -2.35. The predicted molar refractivity (Wildman–Crippen MR) is 66.7 cm³/mol. The van der Waals surface area contributed by atoms with Crippen molar-refractivity contribution in [2.24, 2.45) is 11.8 Å². The Hall–Kier alpha value is -1.26. The molecule has 0 heterocycles. The molecule has 0 saturated heterocycles. The maximum Gasteiger partial charge on any atom is 0.407 e. The van der Waals surface area contributed by atoms with Crippen molar-refractivity contribution in [3.63, 3.8) is 0 Å². The molecule has 0 aromatic carbocycles. The van der Waals surface area contributed by atoms with Crippen molar-refractivity contribution in [1.82, 2.24) is 10.6 Å². The normalized spacial score (nSPS) is 10.5. The number of rotatable bonds is 7. The third-order valence-corrected chi connectivity index (χ3v) is 1.86. The molecule has 0 aliphatic heterocycles. The van der Waals surface area contributed by atoms with E-state index in [0.717, 1.165) is 0 Å². The Morgan fingerprint density at radius 1 is 1.00 bits per heavy atom. The van der Waals surface area contributed by atoms with E-state index in [0.29, 0.717) is 38.0 Å². The number of nitrogens with one attached hydrogen (secondary N) is 2. The highest BCUT2D eigenvalue weighted by atomic mass is 16.5. The Morgan fingerprint density at radius 2 is 1.59 bits per heavy atom. The SMILES string of the molecule is CC(C)COC(=O)NCCNC(=O)CC(C)C. The Bertz CT molecular complexity index is 240. The van der Waals surface area contributed by atoms with Crippen LogP contribution in [-0.4, -0.2) is 31.7 Å². The van der Waals surface area contributed by atoms with Crippen LogP contribution in [-0.2, 0) is 9.53 Å². The molecule has 0 saturated carbocycles. The summed E-state index contributed by atoms with van der Waals surface area (Å²) < 4.78 is 4.91. The molecule has 0 rings (SSSR count). The summed E-state index contributed by atoms with van der Waals surface area (Å²) in [5.74, 6) is 0.683. The van der Waals surface area contributed by atoms with E-state index < -0.39 is 6.09 Å². The summed E-state index contributed by atoms with van der Waals surface area (Å²) in [4.78, 5) is 22.4. The van der Waals surface area contributed by atoms with Crippen LogP contribution in [0, 0.1) is 11.8 Å². The second kappa shape index (κ2) is 8.84. The van der Waals surface area contributed by atoms with Crippen LogP contribution in [0.2, 0.25) is 0 Å². The van der Waals surface area contributed by atoms with Gasteiger partial charge >= 0.3 is 6.09 Å². The topological polar surface area (TPSA) is 67.4 Å². The summed E-state index contributed by atoms with van der Waals surface area (Å²) >= 11 is 0. The van der Waals surface area contributed by atoms with Crippen LogP contribution in [0.4, 0.5) is 4.79 Å². The average Bonchev–Trinajstić information content (AvgIpc) is 2.20. The number of alkyl carbamates (subject to hydrolysis) is 1. The van der Waals surface area contributed by atoms with E-state index in [1.807, 2.05) is 27.7 Å². The number of ether oxygens (including phenoxy) is 1. The number of hydrogen-bond acceptors (Lipinski definition) is 3. The van der Waals surface area contributed by atoms with Crippen LogP contribution in [0.15, 0.2) is 0 Å². The van der Waals surface area contributed by atoms with Crippen LogP contribution < -0.4 is 10.6 Å². The van der Waals surface area contributed by atoms with Crippen LogP contribution in [0.25, 0.3) is 0 Å². The number of hydrogen-bond donors (Lipinski definition) is 2. The van der Waals surface area contributed by atoms with Gasteiger partial charge in [-0.25, -0.2) is 4.79 Å². The van der Waals surface area contributed by atoms with Gasteiger partial charge in [-0.3, -0.25) is 4.79 Å². The first kappa shape index (κ1) is 15.7. The first-order valence-corrected chi connectivity index (χ1v) is 6.09. The maximum atomic E-state index is 11.3. The summed E-state index contributed by atoms with van der Waals surface area (Å²) in [5.41, 5.74) is 0. The Balaban J connectivity index is 3.44. The summed E-state index contributed by atoms with van der Waals surface area (Å²) in [6, 6.07) is 0. The first-order chi connectivity index (χ1) is 7.91. The third kappa shape index (κ3) is 11.0. The van der Waals surface area contributed by atoms with E-state index in [4.69, 9.17) is 4.74 Å². The number of carbonyl (C=O) groups excluding carboxylic acids is 2. The molecular formula is C12H24N2O3. The molecule has 0 bridgehead atoms. The van der Waals surface area contributed by atoms with Crippen molar-refractivity contribution in [3.05, 3.63) is 0 Å². The minimum Gasteiger partial charge on any atom is -0.449 e. The van der Waals surface area contributed by atoms with Gasteiger partial charge in [0.25, 0.3) is 0 Å². The van der Waals surface area contributed by atoms with Gasteiger partial charge in [0.15, 0.2) is 0 Å². The van der Waals surface area contributed by atoms with Gasteiger partial charge in [0.1, 0.15) is 0 Å². The molecule has 0 aromatic heterocycles. The smallest absolute Gasteiger partial charge is 0.407 e. The van der Waals surface area contributed by atoms with E-state index >= 15 is 0 Å². The van der Waals surface area contributed by atoms with Crippen molar-refractivity contribution in [1.29, 1.82) is 0 Å². The van der Waals surface area contributed by atoms with E-state index in [-0.39, 0.29) is 5.91 Å². The summed E-state index contributed by atoms with van der Waals surface area (Å²) in [7, 11) is 0. The van der Waals surface area contributed by atoms with Crippen LogP contribution in [0.3, 0.4) is 0 Å². The summed E-state index contributed by atoms with van der Waals surface area (Å²) in [6.07, 6.45) is 0.0782. The zero-order valence-electron chi connectivity index (χ0n) is 11.2. The van der Waals surface area contributed by atoms with E-state index in [9.17, 15) is 9.59 Å². The monoisotopic (exact) mass is 244 g/mol. The second-order valence-corrected chi connectivity index (χ2v) is 4.87. The van der Waals surface area contributed by atoms with Crippen molar-refractivity contribution < 1.29 is 14.3 Å². The molecule has 2 N–H and O–H groups in total. The maximum absolute atomic E-state index is 11.3. The van der Waals surface area contributed by atoms with Gasteiger partial charge in [-0.1, -0.05) is 27.7 Å². The standard InChI is InChI=1S/C12H24N2O3/c1-9(2)7-11(15)13-5-6-14-12(16)17-8-10(3)4/h9-10H,5-8H2,1-4H3,(H,13,15)(H,14,16). The minimum atomic E-state index is -0.434. The lowest BCUT2D eigenvalue weighted by molar-refractivity contribution is -0.121. The van der Waals surface area contributed by atoms with Gasteiger partial charge in [-0.2, -0.15) is 0 Å². The molecule has 0 aromatic rings. The molecular weight excluding hydrogens is 220 g/mol. The van der Waals surface area contributed by atoms with Gasteiger partial charge in [-0.05, 0) is 11.8 Å². The molecule has 0 atom stereocenters. The van der Waals surface area contributed by atoms with Gasteiger partial charge in [0.2, 0.25) is 5.91 Å².